The molecule has 1 saturated heterocycles. The molecule has 6 heteroatoms. The maximum absolute atomic E-state index is 12.3. The number of phenols is 1. The summed E-state index contributed by atoms with van der Waals surface area (Å²) >= 11 is 5.95. The highest BCUT2D eigenvalue weighted by molar-refractivity contribution is 6.31. The Labute approximate surface area is 134 Å². The number of nitrogens with one attached hydrogen (secondary N) is 1. The van der Waals surface area contributed by atoms with Gasteiger partial charge in [-0.3, -0.25) is 9.59 Å². The number of anilines is 1. The molecule has 1 fully saturated rings. The van der Waals surface area contributed by atoms with Crippen molar-refractivity contribution in [3.63, 3.8) is 0 Å². The standard InChI is InChI=1S/C16H19ClN2O3/c1-3-14(20)19-6-4-11(5-7-19)16(22)18-13-9-12(17)8-10(2)15(13)21/h3,8-9,11,21H,1,4-7H2,2H3,(H,18,22). The summed E-state index contributed by atoms with van der Waals surface area (Å²) in [4.78, 5) is 25.5. The minimum Gasteiger partial charge on any atom is -0.505 e. The highest BCUT2D eigenvalue weighted by Crippen LogP contribution is 2.32. The smallest absolute Gasteiger partial charge is 0.245 e. The van der Waals surface area contributed by atoms with E-state index in [9.17, 15) is 14.7 Å². The number of aromatic hydroxyl groups is 1. The SMILES string of the molecule is C=CC(=O)N1CCC(C(=O)Nc2cc(Cl)cc(C)c2O)CC1. The zero-order valence-electron chi connectivity index (χ0n) is 12.4. The number of halogens is 1. The highest BCUT2D eigenvalue weighted by atomic mass is 35.5. The van der Waals surface area contributed by atoms with Gasteiger partial charge in [0.1, 0.15) is 5.75 Å². The minimum atomic E-state index is -0.187. The van der Waals surface area contributed by atoms with Gasteiger partial charge in [-0.1, -0.05) is 18.2 Å². The molecule has 2 amide bonds. The second kappa shape index (κ2) is 6.83. The largest absolute Gasteiger partial charge is 0.505 e. The number of piperidine rings is 1. The van der Waals surface area contributed by atoms with E-state index >= 15 is 0 Å². The van der Waals surface area contributed by atoms with Crippen molar-refractivity contribution in [1.82, 2.24) is 4.90 Å². The number of carbonyl (C=O) groups excluding carboxylic acids is 2. The van der Waals surface area contributed by atoms with Crippen LogP contribution in [0.2, 0.25) is 5.02 Å². The fraction of sp³-hybridized carbons (Fsp3) is 0.375. The number of nitrogens with zero attached hydrogens (tertiary/aromatic N) is 1. The van der Waals surface area contributed by atoms with Crippen LogP contribution in [0.25, 0.3) is 0 Å². The maximum Gasteiger partial charge on any atom is 0.245 e. The van der Waals surface area contributed by atoms with Crippen LogP contribution in [0.4, 0.5) is 5.69 Å². The van der Waals surface area contributed by atoms with Gasteiger partial charge in [0, 0.05) is 24.0 Å². The molecule has 0 aromatic heterocycles. The van der Waals surface area contributed by atoms with Crippen LogP contribution in [0.5, 0.6) is 5.75 Å². The van der Waals surface area contributed by atoms with Gasteiger partial charge < -0.3 is 15.3 Å². The van der Waals surface area contributed by atoms with E-state index in [2.05, 4.69) is 11.9 Å². The number of hydrogen-bond acceptors (Lipinski definition) is 3. The van der Waals surface area contributed by atoms with Crippen molar-refractivity contribution in [1.29, 1.82) is 0 Å². The van der Waals surface area contributed by atoms with Crippen LogP contribution in [0.3, 0.4) is 0 Å². The van der Waals surface area contributed by atoms with Crippen LogP contribution in [-0.2, 0) is 9.59 Å². The molecule has 1 aliphatic rings. The summed E-state index contributed by atoms with van der Waals surface area (Å²) in [5.41, 5.74) is 0.925. The summed E-state index contributed by atoms with van der Waals surface area (Å²) in [5.74, 6) is -0.436. The lowest BCUT2D eigenvalue weighted by Gasteiger charge is -2.30. The first-order valence-corrected chi connectivity index (χ1v) is 7.51. The molecule has 1 aliphatic heterocycles. The van der Waals surface area contributed by atoms with Crippen LogP contribution in [0.15, 0.2) is 24.8 Å². The van der Waals surface area contributed by atoms with E-state index in [-0.39, 0.29) is 23.5 Å². The molecule has 1 aromatic carbocycles. The number of rotatable bonds is 3. The molecule has 0 spiro atoms. The minimum absolute atomic E-state index is 0.0250. The molecule has 0 bridgehead atoms. The maximum atomic E-state index is 12.3. The molecule has 0 atom stereocenters. The molecule has 0 radical (unpaired) electrons. The van der Waals surface area contributed by atoms with Gasteiger partial charge in [-0.25, -0.2) is 0 Å². The van der Waals surface area contributed by atoms with Gasteiger partial charge in [0.15, 0.2) is 0 Å². The van der Waals surface area contributed by atoms with Gasteiger partial charge >= 0.3 is 0 Å². The molecule has 2 rings (SSSR count). The summed E-state index contributed by atoms with van der Waals surface area (Å²) in [6.07, 6.45) is 2.46. The average molecular weight is 323 g/mol. The first kappa shape index (κ1) is 16.4. The number of carbonyl (C=O) groups is 2. The molecule has 5 nitrogen and oxygen atoms in total. The van der Waals surface area contributed by atoms with E-state index in [1.165, 1.54) is 12.1 Å². The van der Waals surface area contributed by atoms with E-state index in [1.54, 1.807) is 17.9 Å². The predicted octanol–water partition coefficient (Wildman–Crippen LogP) is 2.72. The highest BCUT2D eigenvalue weighted by Gasteiger charge is 2.27. The van der Waals surface area contributed by atoms with E-state index in [0.29, 0.717) is 42.2 Å². The number of amides is 2. The van der Waals surface area contributed by atoms with Crippen molar-refractivity contribution in [2.75, 3.05) is 18.4 Å². The number of benzene rings is 1. The number of hydrogen-bond donors (Lipinski definition) is 2. The third-order valence-electron chi connectivity index (χ3n) is 3.88. The fourth-order valence-corrected chi connectivity index (χ4v) is 2.83. The second-order valence-corrected chi connectivity index (χ2v) is 5.85. The molecule has 0 unspecified atom stereocenters. The summed E-state index contributed by atoms with van der Waals surface area (Å²) in [6, 6.07) is 3.16. The number of phenolic OH excluding ortho intramolecular Hbond substituents is 1. The van der Waals surface area contributed by atoms with Gasteiger partial charge in [-0.05, 0) is 43.5 Å². The Morgan fingerprint density at radius 2 is 2.05 bits per heavy atom. The first-order chi connectivity index (χ1) is 10.4. The lowest BCUT2D eigenvalue weighted by Crippen LogP contribution is -2.40. The Balaban J connectivity index is 2.00. The molecule has 22 heavy (non-hydrogen) atoms. The molecule has 2 N–H and O–H groups in total. The van der Waals surface area contributed by atoms with E-state index in [1.807, 2.05) is 0 Å². The van der Waals surface area contributed by atoms with Crippen molar-refractivity contribution in [3.8, 4) is 5.75 Å². The van der Waals surface area contributed by atoms with Crippen molar-refractivity contribution in [3.05, 3.63) is 35.4 Å². The quantitative estimate of drug-likeness (QED) is 0.664. The van der Waals surface area contributed by atoms with E-state index in [0.717, 1.165) is 0 Å². The van der Waals surface area contributed by atoms with Crippen LogP contribution in [0, 0.1) is 12.8 Å². The molecule has 118 valence electrons. The van der Waals surface area contributed by atoms with Crippen molar-refractivity contribution in [2.45, 2.75) is 19.8 Å². The van der Waals surface area contributed by atoms with Crippen LogP contribution in [-0.4, -0.2) is 34.9 Å². The van der Waals surface area contributed by atoms with Crippen molar-refractivity contribution in [2.24, 2.45) is 5.92 Å². The van der Waals surface area contributed by atoms with E-state index in [4.69, 9.17) is 11.6 Å². The monoisotopic (exact) mass is 322 g/mol. The third-order valence-corrected chi connectivity index (χ3v) is 4.09. The Kier molecular flexibility index (Phi) is 5.08. The first-order valence-electron chi connectivity index (χ1n) is 7.13. The lowest BCUT2D eigenvalue weighted by atomic mass is 9.95. The Bertz CT molecular complexity index is 608. The van der Waals surface area contributed by atoms with Gasteiger partial charge in [0.05, 0.1) is 5.69 Å². The molecular weight excluding hydrogens is 304 g/mol. The van der Waals surface area contributed by atoms with Crippen molar-refractivity contribution >= 4 is 29.1 Å². The predicted molar refractivity (Wildman–Crippen MR) is 86.0 cm³/mol. The molecule has 1 aromatic rings. The molecule has 0 aliphatic carbocycles. The van der Waals surface area contributed by atoms with Gasteiger partial charge in [0.2, 0.25) is 11.8 Å². The lowest BCUT2D eigenvalue weighted by molar-refractivity contribution is -0.130. The topological polar surface area (TPSA) is 69.6 Å². The zero-order valence-corrected chi connectivity index (χ0v) is 13.2. The average Bonchev–Trinajstić information content (AvgIpc) is 2.51. The zero-order chi connectivity index (χ0) is 16.3. The van der Waals surface area contributed by atoms with Crippen LogP contribution < -0.4 is 5.32 Å². The third kappa shape index (κ3) is 3.60. The molecular formula is C16H19ClN2O3. The number of likely N-dealkylation sites (tertiary alicyclic amines) is 1. The summed E-state index contributed by atoms with van der Waals surface area (Å²) < 4.78 is 0. The van der Waals surface area contributed by atoms with Crippen molar-refractivity contribution < 1.29 is 14.7 Å². The summed E-state index contributed by atoms with van der Waals surface area (Å²) in [6.45, 7) is 6.24. The number of aryl methyl sites for hydroxylation is 1. The summed E-state index contributed by atoms with van der Waals surface area (Å²) in [7, 11) is 0. The van der Waals surface area contributed by atoms with Gasteiger partial charge in [-0.15, -0.1) is 0 Å². The Morgan fingerprint density at radius 1 is 1.41 bits per heavy atom. The normalized spacial score (nSPS) is 15.5. The van der Waals surface area contributed by atoms with Crippen LogP contribution in [0.1, 0.15) is 18.4 Å². The Morgan fingerprint density at radius 3 is 2.64 bits per heavy atom. The van der Waals surface area contributed by atoms with Gasteiger partial charge in [-0.2, -0.15) is 0 Å². The fourth-order valence-electron chi connectivity index (χ4n) is 2.56. The van der Waals surface area contributed by atoms with E-state index < -0.39 is 0 Å². The Hall–Kier alpha value is -2.01. The van der Waals surface area contributed by atoms with Crippen LogP contribution >= 0.6 is 11.6 Å². The molecule has 1 heterocycles. The molecule has 0 saturated carbocycles. The van der Waals surface area contributed by atoms with Gasteiger partial charge in [0.25, 0.3) is 0 Å². The second-order valence-electron chi connectivity index (χ2n) is 5.41. The summed E-state index contributed by atoms with van der Waals surface area (Å²) in [5, 5.41) is 13.2.